The van der Waals surface area contributed by atoms with Crippen molar-refractivity contribution >= 4 is 43.9 Å². The Morgan fingerprint density at radius 3 is 2.85 bits per heavy atom. The molecule has 2 aromatic carbocycles. The number of amides is 1. The zero-order valence-electron chi connectivity index (χ0n) is 15.0. The number of rotatable bonds is 6. The number of nitrogens with one attached hydrogen (secondary N) is 2. The standard InChI is InChI=1S/C20H19N3O3S/c1-25-10-9-17(24)21-14-8-7-13-18(20(14)26-2)19(23-22-13)16-11-12-5-3-4-6-15(12)27-16/h3-8,11H,9-10H2,1-2H3,(H,21,24)(H,22,23). The summed E-state index contributed by atoms with van der Waals surface area (Å²) in [5.41, 5.74) is 2.29. The Kier molecular flexibility index (Phi) is 4.79. The number of aromatic amines is 1. The lowest BCUT2D eigenvalue weighted by molar-refractivity contribution is -0.117. The number of H-pyrrole nitrogens is 1. The zero-order chi connectivity index (χ0) is 18.8. The molecule has 0 aliphatic rings. The van der Waals surface area contributed by atoms with E-state index in [2.05, 4.69) is 33.7 Å². The van der Waals surface area contributed by atoms with E-state index in [0.29, 0.717) is 18.0 Å². The molecule has 2 heterocycles. The van der Waals surface area contributed by atoms with E-state index in [-0.39, 0.29) is 12.3 Å². The quantitative estimate of drug-likeness (QED) is 0.518. The number of ether oxygens (including phenoxy) is 2. The second kappa shape index (κ2) is 7.38. The average Bonchev–Trinajstić information content (AvgIpc) is 3.29. The Labute approximate surface area is 160 Å². The summed E-state index contributed by atoms with van der Waals surface area (Å²) in [5.74, 6) is 0.473. The minimum atomic E-state index is -0.124. The van der Waals surface area contributed by atoms with Gasteiger partial charge in [-0.05, 0) is 29.7 Å². The third-order valence-corrected chi connectivity index (χ3v) is 5.48. The molecule has 2 aromatic heterocycles. The van der Waals surface area contributed by atoms with Gasteiger partial charge in [0.15, 0.2) is 5.75 Å². The van der Waals surface area contributed by atoms with Crippen molar-refractivity contribution < 1.29 is 14.3 Å². The van der Waals surface area contributed by atoms with Crippen LogP contribution in [0.15, 0.2) is 42.5 Å². The maximum Gasteiger partial charge on any atom is 0.226 e. The van der Waals surface area contributed by atoms with Crippen LogP contribution in [0.2, 0.25) is 0 Å². The van der Waals surface area contributed by atoms with Crippen molar-refractivity contribution in [3.8, 4) is 16.3 Å². The van der Waals surface area contributed by atoms with Crippen LogP contribution in [-0.4, -0.2) is 36.9 Å². The fourth-order valence-electron chi connectivity index (χ4n) is 3.08. The summed E-state index contributed by atoms with van der Waals surface area (Å²) in [7, 11) is 3.17. The lowest BCUT2D eigenvalue weighted by atomic mass is 10.1. The molecule has 7 heteroatoms. The smallest absolute Gasteiger partial charge is 0.226 e. The monoisotopic (exact) mass is 381 g/mol. The second-order valence-corrected chi connectivity index (χ2v) is 7.16. The molecule has 6 nitrogen and oxygen atoms in total. The molecule has 1 amide bonds. The molecule has 0 atom stereocenters. The minimum Gasteiger partial charge on any atom is -0.494 e. The third kappa shape index (κ3) is 3.27. The lowest BCUT2D eigenvalue weighted by Gasteiger charge is -2.11. The Hall–Kier alpha value is -2.90. The van der Waals surface area contributed by atoms with Crippen molar-refractivity contribution in [1.82, 2.24) is 10.2 Å². The molecule has 0 saturated carbocycles. The minimum absolute atomic E-state index is 0.124. The zero-order valence-corrected chi connectivity index (χ0v) is 15.9. The van der Waals surface area contributed by atoms with Crippen LogP contribution in [0.3, 0.4) is 0 Å². The normalized spacial score (nSPS) is 11.2. The summed E-state index contributed by atoms with van der Waals surface area (Å²) >= 11 is 1.68. The van der Waals surface area contributed by atoms with Crippen molar-refractivity contribution in [3.05, 3.63) is 42.5 Å². The first-order valence-electron chi connectivity index (χ1n) is 8.54. The van der Waals surface area contributed by atoms with Gasteiger partial charge in [-0.1, -0.05) is 18.2 Å². The number of nitrogens with zero attached hydrogens (tertiary/aromatic N) is 1. The largest absolute Gasteiger partial charge is 0.494 e. The molecule has 27 heavy (non-hydrogen) atoms. The first-order chi connectivity index (χ1) is 13.2. The van der Waals surface area contributed by atoms with Gasteiger partial charge in [0.2, 0.25) is 5.91 Å². The first-order valence-corrected chi connectivity index (χ1v) is 9.35. The van der Waals surface area contributed by atoms with Crippen molar-refractivity contribution in [1.29, 1.82) is 0 Å². The second-order valence-electron chi connectivity index (χ2n) is 6.08. The molecule has 4 rings (SSSR count). The molecule has 0 aliphatic heterocycles. The topological polar surface area (TPSA) is 76.2 Å². The van der Waals surface area contributed by atoms with Crippen LogP contribution in [0.4, 0.5) is 5.69 Å². The van der Waals surface area contributed by atoms with Crippen LogP contribution in [0.1, 0.15) is 6.42 Å². The Morgan fingerprint density at radius 1 is 1.22 bits per heavy atom. The van der Waals surface area contributed by atoms with Gasteiger partial charge in [-0.3, -0.25) is 9.89 Å². The number of thiophene rings is 1. The molecule has 2 N–H and O–H groups in total. The summed E-state index contributed by atoms with van der Waals surface area (Å²) in [4.78, 5) is 13.2. The van der Waals surface area contributed by atoms with E-state index in [1.54, 1.807) is 25.6 Å². The Bertz CT molecular complexity index is 1080. The number of aromatic nitrogens is 2. The molecule has 0 saturated heterocycles. The van der Waals surface area contributed by atoms with E-state index < -0.39 is 0 Å². The predicted molar refractivity (Wildman–Crippen MR) is 109 cm³/mol. The summed E-state index contributed by atoms with van der Waals surface area (Å²) in [6.45, 7) is 0.370. The molecule has 0 unspecified atom stereocenters. The van der Waals surface area contributed by atoms with Gasteiger partial charge in [-0.25, -0.2) is 0 Å². The van der Waals surface area contributed by atoms with Crippen molar-refractivity contribution in [2.45, 2.75) is 6.42 Å². The highest BCUT2D eigenvalue weighted by molar-refractivity contribution is 7.22. The van der Waals surface area contributed by atoms with Gasteiger partial charge in [0.05, 0.1) is 41.6 Å². The number of carbonyl (C=O) groups is 1. The highest BCUT2D eigenvalue weighted by Crippen LogP contribution is 2.42. The van der Waals surface area contributed by atoms with Gasteiger partial charge in [-0.2, -0.15) is 5.10 Å². The van der Waals surface area contributed by atoms with Crippen LogP contribution in [0.25, 0.3) is 31.6 Å². The lowest BCUT2D eigenvalue weighted by Crippen LogP contribution is -2.14. The molecule has 0 bridgehead atoms. The van der Waals surface area contributed by atoms with E-state index in [4.69, 9.17) is 9.47 Å². The fraction of sp³-hybridized carbons (Fsp3) is 0.200. The van der Waals surface area contributed by atoms with Gasteiger partial charge in [-0.15, -0.1) is 11.3 Å². The summed E-state index contributed by atoms with van der Waals surface area (Å²) in [6, 6.07) is 14.1. The van der Waals surface area contributed by atoms with Crippen LogP contribution in [0.5, 0.6) is 5.75 Å². The van der Waals surface area contributed by atoms with Crippen LogP contribution < -0.4 is 10.1 Å². The number of fused-ring (bicyclic) bond motifs is 2. The van der Waals surface area contributed by atoms with E-state index in [0.717, 1.165) is 21.5 Å². The van der Waals surface area contributed by atoms with E-state index >= 15 is 0 Å². The van der Waals surface area contributed by atoms with Crippen molar-refractivity contribution in [2.24, 2.45) is 0 Å². The summed E-state index contributed by atoms with van der Waals surface area (Å²) in [5, 5.41) is 12.5. The number of carbonyl (C=O) groups excluding carboxylic acids is 1. The molecule has 0 fully saturated rings. The van der Waals surface area contributed by atoms with Crippen LogP contribution in [-0.2, 0) is 9.53 Å². The van der Waals surface area contributed by atoms with E-state index in [9.17, 15) is 4.79 Å². The maximum absolute atomic E-state index is 12.1. The van der Waals surface area contributed by atoms with Crippen LogP contribution in [0, 0.1) is 0 Å². The SMILES string of the molecule is COCCC(=O)Nc1ccc2[nH]nc(-c3cc4ccccc4s3)c2c1OC. The number of methoxy groups -OCH3 is 2. The van der Waals surface area contributed by atoms with E-state index in [1.165, 1.54) is 10.1 Å². The van der Waals surface area contributed by atoms with Gasteiger partial charge in [0, 0.05) is 11.8 Å². The number of anilines is 1. The van der Waals surface area contributed by atoms with Crippen molar-refractivity contribution in [2.75, 3.05) is 26.1 Å². The number of benzene rings is 2. The number of hydrogen-bond acceptors (Lipinski definition) is 5. The molecular formula is C20H19N3O3S. The molecule has 0 aliphatic carbocycles. The fourth-order valence-corrected chi connectivity index (χ4v) is 4.14. The molecular weight excluding hydrogens is 362 g/mol. The predicted octanol–water partition coefficient (Wildman–Crippen LogP) is 4.43. The molecule has 4 aromatic rings. The highest BCUT2D eigenvalue weighted by Gasteiger charge is 2.19. The molecule has 0 radical (unpaired) electrons. The maximum atomic E-state index is 12.1. The van der Waals surface area contributed by atoms with E-state index in [1.807, 2.05) is 24.3 Å². The molecule has 0 spiro atoms. The Balaban J connectivity index is 1.80. The van der Waals surface area contributed by atoms with Gasteiger partial charge in [0.1, 0.15) is 5.69 Å². The Morgan fingerprint density at radius 2 is 2.07 bits per heavy atom. The van der Waals surface area contributed by atoms with Gasteiger partial charge in [0.25, 0.3) is 0 Å². The average molecular weight is 381 g/mol. The first kappa shape index (κ1) is 17.5. The summed E-state index contributed by atoms with van der Waals surface area (Å²) in [6.07, 6.45) is 0.284. The van der Waals surface area contributed by atoms with Gasteiger partial charge >= 0.3 is 0 Å². The number of hydrogen-bond donors (Lipinski definition) is 2. The molecule has 138 valence electrons. The third-order valence-electron chi connectivity index (χ3n) is 4.35. The summed E-state index contributed by atoms with van der Waals surface area (Å²) < 4.78 is 11.8. The highest BCUT2D eigenvalue weighted by atomic mass is 32.1. The van der Waals surface area contributed by atoms with Crippen LogP contribution >= 0.6 is 11.3 Å². The van der Waals surface area contributed by atoms with Crippen molar-refractivity contribution in [3.63, 3.8) is 0 Å². The van der Waals surface area contributed by atoms with Gasteiger partial charge < -0.3 is 14.8 Å².